The standard InChI is InChI=1S/C13H16BrN3O3/c1-8-2-3-9(6-10(8)14)13(18)17-4-5-20-11(7-17)12(15)16-19/h2-3,6,11,19H,4-5,7H2,1H3,(H2,15,16). The minimum absolute atomic E-state index is 0.0208. The van der Waals surface area contributed by atoms with E-state index in [-0.39, 0.29) is 18.3 Å². The number of carbonyl (C=O) groups excluding carboxylic acids is 1. The summed E-state index contributed by atoms with van der Waals surface area (Å²) in [5.74, 6) is -0.114. The Hall–Kier alpha value is -1.60. The van der Waals surface area contributed by atoms with Crippen LogP contribution in [0.2, 0.25) is 0 Å². The molecule has 0 aliphatic carbocycles. The Labute approximate surface area is 125 Å². The van der Waals surface area contributed by atoms with E-state index in [2.05, 4.69) is 21.1 Å². The van der Waals surface area contributed by atoms with E-state index in [4.69, 9.17) is 15.7 Å². The number of amides is 1. The maximum Gasteiger partial charge on any atom is 0.254 e. The Morgan fingerprint density at radius 2 is 2.35 bits per heavy atom. The summed E-state index contributed by atoms with van der Waals surface area (Å²) in [7, 11) is 0. The first kappa shape index (κ1) is 14.8. The molecule has 0 spiro atoms. The molecule has 1 aromatic rings. The van der Waals surface area contributed by atoms with Crippen LogP contribution in [0.25, 0.3) is 0 Å². The van der Waals surface area contributed by atoms with Gasteiger partial charge in [0.2, 0.25) is 0 Å². The lowest BCUT2D eigenvalue weighted by Crippen LogP contribution is -2.50. The number of halogens is 1. The molecule has 1 amide bonds. The van der Waals surface area contributed by atoms with Crippen LogP contribution in [0.4, 0.5) is 0 Å². The number of nitrogens with two attached hydrogens (primary N) is 1. The quantitative estimate of drug-likeness (QED) is 0.368. The highest BCUT2D eigenvalue weighted by Gasteiger charge is 2.27. The zero-order chi connectivity index (χ0) is 14.7. The van der Waals surface area contributed by atoms with Gasteiger partial charge in [0.25, 0.3) is 5.91 Å². The van der Waals surface area contributed by atoms with Gasteiger partial charge in [-0.15, -0.1) is 0 Å². The predicted octanol–water partition coefficient (Wildman–Crippen LogP) is 1.34. The smallest absolute Gasteiger partial charge is 0.254 e. The van der Waals surface area contributed by atoms with E-state index in [1.807, 2.05) is 13.0 Å². The molecule has 3 N–H and O–H groups in total. The van der Waals surface area contributed by atoms with Crippen LogP contribution in [0, 0.1) is 6.92 Å². The minimum Gasteiger partial charge on any atom is -0.409 e. The first-order chi connectivity index (χ1) is 9.52. The van der Waals surface area contributed by atoms with Gasteiger partial charge >= 0.3 is 0 Å². The molecular weight excluding hydrogens is 326 g/mol. The fraction of sp³-hybridized carbons (Fsp3) is 0.385. The Morgan fingerprint density at radius 3 is 3.00 bits per heavy atom. The molecule has 0 saturated carbocycles. The molecule has 1 heterocycles. The Kier molecular flexibility index (Phi) is 4.61. The lowest BCUT2D eigenvalue weighted by atomic mass is 10.1. The molecule has 1 saturated heterocycles. The van der Waals surface area contributed by atoms with Crippen LogP contribution in [-0.2, 0) is 4.74 Å². The van der Waals surface area contributed by atoms with Gasteiger partial charge in [-0.1, -0.05) is 27.2 Å². The Bertz CT molecular complexity index is 548. The second kappa shape index (κ2) is 6.23. The molecule has 0 bridgehead atoms. The van der Waals surface area contributed by atoms with Crippen molar-refractivity contribution >= 4 is 27.7 Å². The molecule has 1 aliphatic heterocycles. The molecule has 108 valence electrons. The number of amidine groups is 1. The summed E-state index contributed by atoms with van der Waals surface area (Å²) >= 11 is 3.42. The number of morpholine rings is 1. The first-order valence-electron chi connectivity index (χ1n) is 6.17. The highest BCUT2D eigenvalue weighted by Crippen LogP contribution is 2.19. The molecule has 1 aliphatic rings. The highest BCUT2D eigenvalue weighted by atomic mass is 79.9. The molecule has 1 unspecified atom stereocenters. The Balaban J connectivity index is 2.14. The molecule has 1 aromatic carbocycles. The van der Waals surface area contributed by atoms with Crippen molar-refractivity contribution in [2.24, 2.45) is 10.9 Å². The monoisotopic (exact) mass is 341 g/mol. The zero-order valence-corrected chi connectivity index (χ0v) is 12.6. The fourth-order valence-electron chi connectivity index (χ4n) is 1.99. The average molecular weight is 342 g/mol. The van der Waals surface area contributed by atoms with Crippen molar-refractivity contribution in [1.82, 2.24) is 4.90 Å². The highest BCUT2D eigenvalue weighted by molar-refractivity contribution is 9.10. The van der Waals surface area contributed by atoms with E-state index < -0.39 is 6.10 Å². The zero-order valence-electron chi connectivity index (χ0n) is 11.0. The molecule has 0 aromatic heterocycles. The third-order valence-electron chi connectivity index (χ3n) is 3.22. The van der Waals surface area contributed by atoms with Crippen molar-refractivity contribution in [2.75, 3.05) is 19.7 Å². The van der Waals surface area contributed by atoms with Crippen molar-refractivity contribution < 1.29 is 14.7 Å². The lowest BCUT2D eigenvalue weighted by Gasteiger charge is -2.32. The average Bonchev–Trinajstić information content (AvgIpc) is 2.48. The van der Waals surface area contributed by atoms with Crippen LogP contribution in [0.15, 0.2) is 27.8 Å². The summed E-state index contributed by atoms with van der Waals surface area (Å²) in [5, 5.41) is 11.6. The predicted molar refractivity (Wildman–Crippen MR) is 77.9 cm³/mol. The largest absolute Gasteiger partial charge is 0.409 e. The summed E-state index contributed by atoms with van der Waals surface area (Å²) in [6.07, 6.45) is -0.563. The van der Waals surface area contributed by atoms with Crippen LogP contribution in [-0.4, -0.2) is 47.7 Å². The van der Waals surface area contributed by atoms with Gasteiger partial charge in [0, 0.05) is 16.6 Å². The molecule has 1 atom stereocenters. The van der Waals surface area contributed by atoms with Crippen molar-refractivity contribution in [3.05, 3.63) is 33.8 Å². The third kappa shape index (κ3) is 3.10. The summed E-state index contributed by atoms with van der Waals surface area (Å²) in [6, 6.07) is 5.47. The van der Waals surface area contributed by atoms with Gasteiger partial charge in [0.15, 0.2) is 5.84 Å². The van der Waals surface area contributed by atoms with Crippen molar-refractivity contribution in [3.63, 3.8) is 0 Å². The van der Waals surface area contributed by atoms with E-state index in [1.165, 1.54) is 0 Å². The second-order valence-corrected chi connectivity index (χ2v) is 5.45. The van der Waals surface area contributed by atoms with Crippen LogP contribution >= 0.6 is 15.9 Å². The van der Waals surface area contributed by atoms with Crippen LogP contribution in [0.1, 0.15) is 15.9 Å². The summed E-state index contributed by atoms with van der Waals surface area (Å²) in [4.78, 5) is 14.1. The van der Waals surface area contributed by atoms with E-state index in [0.717, 1.165) is 10.0 Å². The van der Waals surface area contributed by atoms with Gasteiger partial charge in [-0.05, 0) is 24.6 Å². The molecule has 1 fully saturated rings. The molecule has 20 heavy (non-hydrogen) atoms. The number of aryl methyl sites for hydroxylation is 1. The van der Waals surface area contributed by atoms with E-state index in [1.54, 1.807) is 17.0 Å². The number of oxime groups is 1. The molecule has 6 nitrogen and oxygen atoms in total. The maximum atomic E-state index is 12.4. The molecular formula is C13H16BrN3O3. The summed E-state index contributed by atoms with van der Waals surface area (Å²) in [5.41, 5.74) is 7.19. The van der Waals surface area contributed by atoms with Gasteiger partial charge in [-0.2, -0.15) is 0 Å². The summed E-state index contributed by atoms with van der Waals surface area (Å²) in [6.45, 7) is 3.08. The Morgan fingerprint density at radius 1 is 1.60 bits per heavy atom. The first-order valence-corrected chi connectivity index (χ1v) is 6.96. The number of rotatable bonds is 2. The number of ether oxygens (including phenoxy) is 1. The number of hydrogen-bond donors (Lipinski definition) is 2. The van der Waals surface area contributed by atoms with E-state index in [0.29, 0.717) is 18.7 Å². The van der Waals surface area contributed by atoms with Crippen LogP contribution in [0.3, 0.4) is 0 Å². The SMILES string of the molecule is Cc1ccc(C(=O)N2CCOC(/C(N)=N/O)C2)cc1Br. The van der Waals surface area contributed by atoms with Crippen LogP contribution in [0.5, 0.6) is 0 Å². The third-order valence-corrected chi connectivity index (χ3v) is 4.07. The van der Waals surface area contributed by atoms with Crippen LogP contribution < -0.4 is 5.73 Å². The maximum absolute atomic E-state index is 12.4. The van der Waals surface area contributed by atoms with E-state index in [9.17, 15) is 4.79 Å². The van der Waals surface area contributed by atoms with Crippen molar-refractivity contribution in [2.45, 2.75) is 13.0 Å². The number of carbonyl (C=O) groups is 1. The van der Waals surface area contributed by atoms with Crippen molar-refractivity contribution in [1.29, 1.82) is 0 Å². The fourth-order valence-corrected chi connectivity index (χ4v) is 2.36. The molecule has 2 rings (SSSR count). The number of hydrogen-bond acceptors (Lipinski definition) is 4. The number of nitrogens with zero attached hydrogens (tertiary/aromatic N) is 2. The number of benzene rings is 1. The normalized spacial score (nSPS) is 20.0. The van der Waals surface area contributed by atoms with Gasteiger partial charge in [-0.25, -0.2) is 0 Å². The molecule has 7 heteroatoms. The van der Waals surface area contributed by atoms with Gasteiger partial charge in [0.05, 0.1) is 13.2 Å². The van der Waals surface area contributed by atoms with Crippen molar-refractivity contribution in [3.8, 4) is 0 Å². The van der Waals surface area contributed by atoms with Gasteiger partial charge in [0.1, 0.15) is 6.10 Å². The topological polar surface area (TPSA) is 88.2 Å². The van der Waals surface area contributed by atoms with Gasteiger partial charge in [-0.3, -0.25) is 4.79 Å². The molecule has 0 radical (unpaired) electrons. The van der Waals surface area contributed by atoms with Gasteiger partial charge < -0.3 is 20.6 Å². The van der Waals surface area contributed by atoms with E-state index >= 15 is 0 Å². The summed E-state index contributed by atoms with van der Waals surface area (Å²) < 4.78 is 6.26. The lowest BCUT2D eigenvalue weighted by molar-refractivity contribution is 0.00675. The second-order valence-electron chi connectivity index (χ2n) is 4.60. The minimum atomic E-state index is -0.563.